The summed E-state index contributed by atoms with van der Waals surface area (Å²) in [7, 11) is 0. The minimum atomic E-state index is -0.464. The van der Waals surface area contributed by atoms with E-state index in [9.17, 15) is 9.59 Å². The van der Waals surface area contributed by atoms with Gasteiger partial charge in [0.25, 0.3) is 5.91 Å². The van der Waals surface area contributed by atoms with E-state index < -0.39 is 11.9 Å². The van der Waals surface area contributed by atoms with Gasteiger partial charge in [-0.05, 0) is 54.8 Å². The molecule has 7 heteroatoms. The average Bonchev–Trinajstić information content (AvgIpc) is 2.93. The number of carbonyl (C=O) groups excluding carboxylic acids is 2. The molecule has 0 spiro atoms. The van der Waals surface area contributed by atoms with Crippen LogP contribution in [0, 0.1) is 0 Å². The summed E-state index contributed by atoms with van der Waals surface area (Å²) in [6, 6.07) is 11.8. The molecule has 0 saturated carbocycles. The quantitative estimate of drug-likeness (QED) is 0.513. The molecule has 3 amide bonds. The Kier molecular flexibility index (Phi) is 6.27. The SMILES string of the molecule is CCC(C)Oc1ccc(/C=C2/NC(=O)N(Cc3ccc(Cl)cc3)C2=O)cc1Cl. The molecule has 1 aliphatic rings. The number of halogens is 2. The summed E-state index contributed by atoms with van der Waals surface area (Å²) in [5.74, 6) is 0.195. The van der Waals surface area contributed by atoms with Gasteiger partial charge in [-0.15, -0.1) is 0 Å². The van der Waals surface area contributed by atoms with Gasteiger partial charge in [0.05, 0.1) is 17.7 Å². The fraction of sp³-hybridized carbons (Fsp3) is 0.238. The first-order valence-corrected chi connectivity index (χ1v) is 9.68. The molecule has 28 heavy (non-hydrogen) atoms. The number of ether oxygens (including phenoxy) is 1. The third-order valence-electron chi connectivity index (χ3n) is 4.39. The van der Waals surface area contributed by atoms with Gasteiger partial charge >= 0.3 is 6.03 Å². The van der Waals surface area contributed by atoms with Crippen LogP contribution in [0.25, 0.3) is 6.08 Å². The zero-order valence-corrected chi connectivity index (χ0v) is 17.1. The summed E-state index contributed by atoms with van der Waals surface area (Å²) in [5.41, 5.74) is 1.70. The van der Waals surface area contributed by atoms with Crippen molar-refractivity contribution in [3.05, 3.63) is 69.3 Å². The lowest BCUT2D eigenvalue weighted by Gasteiger charge is -2.14. The first-order chi connectivity index (χ1) is 13.4. The second-order valence-electron chi connectivity index (χ2n) is 6.53. The van der Waals surface area contributed by atoms with E-state index in [1.807, 2.05) is 13.8 Å². The van der Waals surface area contributed by atoms with Gasteiger partial charge in [0.15, 0.2) is 0 Å². The Morgan fingerprint density at radius 1 is 1.14 bits per heavy atom. The molecule has 0 aliphatic carbocycles. The molecular weight excluding hydrogens is 399 g/mol. The van der Waals surface area contributed by atoms with Gasteiger partial charge in [-0.2, -0.15) is 0 Å². The van der Waals surface area contributed by atoms with Gasteiger partial charge in [0, 0.05) is 5.02 Å². The highest BCUT2D eigenvalue weighted by atomic mass is 35.5. The van der Waals surface area contributed by atoms with Gasteiger partial charge in [-0.1, -0.05) is 48.3 Å². The number of hydrogen-bond donors (Lipinski definition) is 1. The largest absolute Gasteiger partial charge is 0.489 e. The molecule has 1 heterocycles. The highest BCUT2D eigenvalue weighted by Gasteiger charge is 2.33. The third-order valence-corrected chi connectivity index (χ3v) is 4.93. The number of urea groups is 1. The fourth-order valence-corrected chi connectivity index (χ4v) is 3.02. The van der Waals surface area contributed by atoms with Crippen LogP contribution in [-0.2, 0) is 11.3 Å². The van der Waals surface area contributed by atoms with Gasteiger partial charge in [-0.25, -0.2) is 4.79 Å². The van der Waals surface area contributed by atoms with Crippen LogP contribution in [0.4, 0.5) is 4.79 Å². The third kappa shape index (κ3) is 4.66. The van der Waals surface area contributed by atoms with Crippen LogP contribution < -0.4 is 10.1 Å². The van der Waals surface area contributed by atoms with E-state index in [0.717, 1.165) is 16.9 Å². The van der Waals surface area contributed by atoms with Crippen LogP contribution >= 0.6 is 23.2 Å². The Morgan fingerprint density at radius 3 is 2.50 bits per heavy atom. The number of amides is 3. The lowest BCUT2D eigenvalue weighted by Crippen LogP contribution is -2.30. The Balaban J connectivity index is 1.76. The Bertz CT molecular complexity index is 926. The molecular formula is C21H20Cl2N2O3. The number of carbonyl (C=O) groups is 2. The molecule has 0 aromatic heterocycles. The summed E-state index contributed by atoms with van der Waals surface area (Å²) in [6.07, 6.45) is 2.52. The number of hydrogen-bond acceptors (Lipinski definition) is 3. The van der Waals surface area contributed by atoms with E-state index in [2.05, 4.69) is 5.32 Å². The van der Waals surface area contributed by atoms with Crippen molar-refractivity contribution in [2.45, 2.75) is 32.9 Å². The lowest BCUT2D eigenvalue weighted by atomic mass is 10.1. The highest BCUT2D eigenvalue weighted by molar-refractivity contribution is 6.32. The summed E-state index contributed by atoms with van der Waals surface area (Å²) < 4.78 is 5.74. The van der Waals surface area contributed by atoms with E-state index in [1.54, 1.807) is 48.5 Å². The number of imide groups is 1. The maximum Gasteiger partial charge on any atom is 0.329 e. The molecule has 1 atom stereocenters. The van der Waals surface area contributed by atoms with Crippen molar-refractivity contribution >= 4 is 41.2 Å². The second kappa shape index (κ2) is 8.67. The van der Waals surface area contributed by atoms with Crippen LogP contribution in [0.1, 0.15) is 31.4 Å². The smallest absolute Gasteiger partial charge is 0.329 e. The van der Waals surface area contributed by atoms with Crippen molar-refractivity contribution in [2.24, 2.45) is 0 Å². The Labute approximate surface area is 173 Å². The second-order valence-corrected chi connectivity index (χ2v) is 7.38. The zero-order chi connectivity index (χ0) is 20.3. The molecule has 1 N–H and O–H groups in total. The summed E-state index contributed by atoms with van der Waals surface area (Å²) in [6.45, 7) is 4.16. The number of nitrogens with zero attached hydrogens (tertiary/aromatic N) is 1. The van der Waals surface area contributed by atoms with Crippen LogP contribution in [0.5, 0.6) is 5.75 Å². The minimum absolute atomic E-state index is 0.0545. The molecule has 3 rings (SSSR count). The van der Waals surface area contributed by atoms with Gasteiger partial charge in [0.2, 0.25) is 0 Å². The van der Waals surface area contributed by atoms with Crippen LogP contribution in [0.15, 0.2) is 48.2 Å². The molecule has 1 saturated heterocycles. The van der Waals surface area contributed by atoms with Crippen LogP contribution in [0.3, 0.4) is 0 Å². The van der Waals surface area contributed by atoms with Crippen LogP contribution in [0.2, 0.25) is 10.0 Å². The van der Waals surface area contributed by atoms with Gasteiger partial charge < -0.3 is 10.1 Å². The van der Waals surface area contributed by atoms with E-state index >= 15 is 0 Å². The lowest BCUT2D eigenvalue weighted by molar-refractivity contribution is -0.123. The summed E-state index contributed by atoms with van der Waals surface area (Å²) in [5, 5.41) is 3.65. The van der Waals surface area contributed by atoms with E-state index in [4.69, 9.17) is 27.9 Å². The number of rotatable bonds is 6. The van der Waals surface area contributed by atoms with Crippen molar-refractivity contribution in [2.75, 3.05) is 0 Å². The van der Waals surface area contributed by atoms with Gasteiger partial charge in [0.1, 0.15) is 11.4 Å². The van der Waals surface area contributed by atoms with Crippen molar-refractivity contribution < 1.29 is 14.3 Å². The monoisotopic (exact) mass is 418 g/mol. The first kappa shape index (κ1) is 20.2. The predicted octanol–water partition coefficient (Wildman–Crippen LogP) is 5.26. The van der Waals surface area contributed by atoms with Crippen molar-refractivity contribution in [3.8, 4) is 5.75 Å². The normalized spacial score (nSPS) is 16.4. The van der Waals surface area contributed by atoms with Gasteiger partial charge in [-0.3, -0.25) is 9.69 Å². The first-order valence-electron chi connectivity index (χ1n) is 8.92. The van der Waals surface area contributed by atoms with Crippen molar-refractivity contribution in [1.82, 2.24) is 10.2 Å². The standard InChI is InChI=1S/C21H20Cl2N2O3/c1-3-13(2)28-19-9-6-15(10-17(19)23)11-18-20(26)25(21(27)24-18)12-14-4-7-16(22)8-5-14/h4-11,13H,3,12H2,1-2H3,(H,24,27)/b18-11+. The Morgan fingerprint density at radius 2 is 1.86 bits per heavy atom. The number of nitrogens with one attached hydrogen (secondary N) is 1. The predicted molar refractivity (Wildman–Crippen MR) is 110 cm³/mol. The molecule has 1 unspecified atom stereocenters. The maximum atomic E-state index is 12.6. The average molecular weight is 419 g/mol. The molecule has 1 aliphatic heterocycles. The number of benzene rings is 2. The topological polar surface area (TPSA) is 58.6 Å². The molecule has 1 fully saturated rings. The molecule has 0 bridgehead atoms. The highest BCUT2D eigenvalue weighted by Crippen LogP contribution is 2.28. The molecule has 2 aromatic rings. The molecule has 5 nitrogen and oxygen atoms in total. The van der Waals surface area contributed by atoms with Crippen molar-refractivity contribution in [1.29, 1.82) is 0 Å². The molecule has 146 valence electrons. The minimum Gasteiger partial charge on any atom is -0.489 e. The summed E-state index contributed by atoms with van der Waals surface area (Å²) >= 11 is 12.2. The summed E-state index contributed by atoms with van der Waals surface area (Å²) in [4.78, 5) is 26.0. The van der Waals surface area contributed by atoms with E-state index in [1.165, 1.54) is 0 Å². The molecule has 2 aromatic carbocycles. The Hall–Kier alpha value is -2.50. The van der Waals surface area contributed by atoms with Crippen molar-refractivity contribution in [3.63, 3.8) is 0 Å². The van der Waals surface area contributed by atoms with Crippen LogP contribution in [-0.4, -0.2) is 22.9 Å². The molecule has 0 radical (unpaired) electrons. The van der Waals surface area contributed by atoms with E-state index in [-0.39, 0.29) is 18.3 Å². The maximum absolute atomic E-state index is 12.6. The zero-order valence-electron chi connectivity index (χ0n) is 15.5. The fourth-order valence-electron chi connectivity index (χ4n) is 2.66. The van der Waals surface area contributed by atoms with E-state index in [0.29, 0.717) is 21.4 Å².